The van der Waals surface area contributed by atoms with Crippen LogP contribution in [0.5, 0.6) is 0 Å². The van der Waals surface area contributed by atoms with E-state index in [1.807, 2.05) is 0 Å². The first-order valence-electron chi connectivity index (χ1n) is 2.27. The number of alkyl halides is 4. The molecule has 0 rings (SSSR count). The molecule has 0 aliphatic rings. The first-order chi connectivity index (χ1) is 3.98. The average molecular weight is 162 g/mol. The third kappa shape index (κ3) is 3.59. The summed E-state index contributed by atoms with van der Waals surface area (Å²) in [6.07, 6.45) is -4.98. The van der Waals surface area contributed by atoms with E-state index in [-0.39, 0.29) is 0 Å². The summed E-state index contributed by atoms with van der Waals surface area (Å²) in [7, 11) is 0. The van der Waals surface area contributed by atoms with Gasteiger partial charge in [0.2, 0.25) is 0 Å². The van der Waals surface area contributed by atoms with E-state index in [0.717, 1.165) is 0 Å². The molecule has 0 saturated heterocycles. The van der Waals surface area contributed by atoms with Crippen LogP contribution >= 0.6 is 11.6 Å². The lowest BCUT2D eigenvalue weighted by Gasteiger charge is -2.10. The monoisotopic (exact) mass is 161 g/mol. The van der Waals surface area contributed by atoms with Crippen LogP contribution in [0.3, 0.4) is 0 Å². The normalized spacial score (nSPS) is 15.7. The summed E-state index contributed by atoms with van der Waals surface area (Å²) < 4.78 is 34.1. The fourth-order valence-corrected chi connectivity index (χ4v) is 0.356. The van der Waals surface area contributed by atoms with Gasteiger partial charge in [-0.05, 0) is 6.42 Å². The molecular formula is C4H5ClF3O. The van der Waals surface area contributed by atoms with Crippen molar-refractivity contribution in [1.82, 2.24) is 0 Å². The molecule has 1 radical (unpaired) electrons. The first-order valence-corrected chi connectivity index (χ1v) is 2.71. The predicted molar refractivity (Wildman–Crippen MR) is 25.9 cm³/mol. The molecule has 1 unspecified atom stereocenters. The molecule has 1 nitrogen and oxygen atoms in total. The second kappa shape index (κ2) is 3.27. The SMILES string of the molecule is [O]CCC(Cl)C(F)(F)F. The van der Waals surface area contributed by atoms with E-state index in [1.54, 1.807) is 0 Å². The van der Waals surface area contributed by atoms with E-state index in [9.17, 15) is 18.3 Å². The van der Waals surface area contributed by atoms with Gasteiger partial charge in [-0.2, -0.15) is 13.2 Å². The molecule has 0 spiro atoms. The molecule has 0 bridgehead atoms. The van der Waals surface area contributed by atoms with Gasteiger partial charge in [-0.3, -0.25) is 0 Å². The summed E-state index contributed by atoms with van der Waals surface area (Å²) in [5.41, 5.74) is 0. The molecule has 1 atom stereocenters. The van der Waals surface area contributed by atoms with E-state index < -0.39 is 24.6 Å². The Morgan fingerprint density at radius 2 is 1.89 bits per heavy atom. The van der Waals surface area contributed by atoms with Crippen molar-refractivity contribution >= 4 is 11.6 Å². The lowest BCUT2D eigenvalue weighted by molar-refractivity contribution is -0.133. The van der Waals surface area contributed by atoms with Crippen molar-refractivity contribution in [2.75, 3.05) is 6.61 Å². The molecule has 0 aromatic carbocycles. The molecule has 9 heavy (non-hydrogen) atoms. The van der Waals surface area contributed by atoms with E-state index in [2.05, 4.69) is 0 Å². The molecule has 0 aliphatic carbocycles. The van der Waals surface area contributed by atoms with Crippen LogP contribution in [0.4, 0.5) is 13.2 Å². The Hall–Kier alpha value is 0.0400. The van der Waals surface area contributed by atoms with Crippen LogP contribution in [-0.2, 0) is 5.11 Å². The third-order valence-corrected chi connectivity index (χ3v) is 1.19. The van der Waals surface area contributed by atoms with E-state index in [1.165, 1.54) is 0 Å². The Morgan fingerprint density at radius 3 is 2.00 bits per heavy atom. The zero-order chi connectivity index (χ0) is 7.49. The second-order valence-corrected chi connectivity index (χ2v) is 2.03. The standard InChI is InChI=1S/C4H5ClF3O/c5-3(1-2-9)4(6,7)8/h3H,1-2H2. The minimum absolute atomic E-state index is 0.551. The Kier molecular flexibility index (Phi) is 3.28. The van der Waals surface area contributed by atoms with Gasteiger partial charge in [-0.25, -0.2) is 5.11 Å². The predicted octanol–water partition coefficient (Wildman–Crippen LogP) is 1.98. The van der Waals surface area contributed by atoms with Crippen LogP contribution in [0.25, 0.3) is 0 Å². The number of rotatable bonds is 2. The van der Waals surface area contributed by atoms with Gasteiger partial charge in [0, 0.05) is 0 Å². The van der Waals surface area contributed by atoms with Crippen LogP contribution in [0.15, 0.2) is 0 Å². The van der Waals surface area contributed by atoms with Crippen molar-refractivity contribution in [2.45, 2.75) is 18.0 Å². The maximum absolute atomic E-state index is 11.4. The molecule has 0 aromatic heterocycles. The highest BCUT2D eigenvalue weighted by Crippen LogP contribution is 2.26. The lowest BCUT2D eigenvalue weighted by atomic mass is 10.3. The van der Waals surface area contributed by atoms with Crippen LogP contribution < -0.4 is 0 Å². The Morgan fingerprint density at radius 1 is 1.44 bits per heavy atom. The second-order valence-electron chi connectivity index (χ2n) is 1.50. The summed E-state index contributed by atoms with van der Waals surface area (Å²) in [5.74, 6) is 0. The van der Waals surface area contributed by atoms with Crippen molar-refractivity contribution < 1.29 is 18.3 Å². The maximum atomic E-state index is 11.4. The highest BCUT2D eigenvalue weighted by molar-refractivity contribution is 6.21. The van der Waals surface area contributed by atoms with Crippen molar-refractivity contribution in [2.24, 2.45) is 0 Å². The molecule has 0 saturated carbocycles. The summed E-state index contributed by atoms with van der Waals surface area (Å²) in [4.78, 5) is 0. The first kappa shape index (κ1) is 9.04. The maximum Gasteiger partial charge on any atom is 0.405 e. The van der Waals surface area contributed by atoms with Gasteiger partial charge < -0.3 is 0 Å². The average Bonchev–Trinajstić information content (AvgIpc) is 1.64. The Labute approximate surface area is 55.4 Å². The molecule has 0 fully saturated rings. The smallest absolute Gasteiger partial charge is 0.237 e. The van der Waals surface area contributed by atoms with Gasteiger partial charge >= 0.3 is 6.18 Å². The van der Waals surface area contributed by atoms with E-state index in [4.69, 9.17) is 11.6 Å². The van der Waals surface area contributed by atoms with Gasteiger partial charge in [0.1, 0.15) is 5.38 Å². The molecule has 0 aromatic rings. The van der Waals surface area contributed by atoms with Crippen LogP contribution in [-0.4, -0.2) is 18.2 Å². The summed E-state index contributed by atoms with van der Waals surface area (Å²) in [5, 5.41) is 7.63. The fraction of sp³-hybridized carbons (Fsp3) is 1.00. The zero-order valence-corrected chi connectivity index (χ0v) is 5.17. The van der Waals surface area contributed by atoms with E-state index in [0.29, 0.717) is 0 Å². The summed E-state index contributed by atoms with van der Waals surface area (Å²) in [6.45, 7) is -0.784. The topological polar surface area (TPSA) is 19.9 Å². The van der Waals surface area contributed by atoms with Crippen LogP contribution in [0, 0.1) is 0 Å². The summed E-state index contributed by atoms with van der Waals surface area (Å²) >= 11 is 4.73. The molecule has 0 N–H and O–H groups in total. The summed E-state index contributed by atoms with van der Waals surface area (Å²) in [6, 6.07) is 0. The van der Waals surface area contributed by atoms with Gasteiger partial charge in [-0.15, -0.1) is 11.6 Å². The van der Waals surface area contributed by atoms with Gasteiger partial charge in [-0.1, -0.05) is 0 Å². The quantitative estimate of drug-likeness (QED) is 0.552. The Balaban J connectivity index is 3.59. The van der Waals surface area contributed by atoms with Crippen molar-refractivity contribution in [3.8, 4) is 0 Å². The zero-order valence-electron chi connectivity index (χ0n) is 4.41. The highest BCUT2D eigenvalue weighted by atomic mass is 35.5. The number of hydrogen-bond donors (Lipinski definition) is 0. The van der Waals surface area contributed by atoms with Gasteiger partial charge in [0.05, 0.1) is 6.61 Å². The Bertz CT molecular complexity index is 82.4. The van der Waals surface area contributed by atoms with E-state index >= 15 is 0 Å². The van der Waals surface area contributed by atoms with Crippen LogP contribution in [0.2, 0.25) is 0 Å². The lowest BCUT2D eigenvalue weighted by Crippen LogP contribution is -2.23. The van der Waals surface area contributed by atoms with Crippen molar-refractivity contribution in [3.05, 3.63) is 0 Å². The minimum atomic E-state index is -4.42. The largest absolute Gasteiger partial charge is 0.405 e. The molecular weight excluding hydrogens is 156 g/mol. The highest BCUT2D eigenvalue weighted by Gasteiger charge is 2.37. The van der Waals surface area contributed by atoms with Crippen LogP contribution in [0.1, 0.15) is 6.42 Å². The van der Waals surface area contributed by atoms with Gasteiger partial charge in [0.15, 0.2) is 0 Å². The molecule has 55 valence electrons. The molecule has 5 heteroatoms. The minimum Gasteiger partial charge on any atom is -0.237 e. The van der Waals surface area contributed by atoms with Crippen molar-refractivity contribution in [1.29, 1.82) is 0 Å². The molecule has 0 amide bonds. The van der Waals surface area contributed by atoms with Gasteiger partial charge in [0.25, 0.3) is 0 Å². The number of halogens is 4. The van der Waals surface area contributed by atoms with Crippen molar-refractivity contribution in [3.63, 3.8) is 0 Å². The number of hydrogen-bond acceptors (Lipinski definition) is 0. The third-order valence-electron chi connectivity index (χ3n) is 0.726. The molecule has 0 aliphatic heterocycles. The fourth-order valence-electron chi connectivity index (χ4n) is 0.267. The molecule has 0 heterocycles.